The summed E-state index contributed by atoms with van der Waals surface area (Å²) in [5, 5.41) is 0. The van der Waals surface area contributed by atoms with Gasteiger partial charge in [-0.25, -0.2) is 13.1 Å². The fraction of sp³-hybridized carbons (Fsp3) is 0.300. The summed E-state index contributed by atoms with van der Waals surface area (Å²) in [4.78, 5) is 24.7. The molecule has 2 aromatic rings. The summed E-state index contributed by atoms with van der Waals surface area (Å²) in [6.07, 6.45) is 0. The lowest BCUT2D eigenvalue weighted by molar-refractivity contribution is -0.152. The average Bonchev–Trinajstić information content (AvgIpc) is 2.62. The van der Waals surface area contributed by atoms with E-state index in [1.54, 1.807) is 49.4 Å². The molecule has 7 heteroatoms. The van der Waals surface area contributed by atoms with Gasteiger partial charge in [0.15, 0.2) is 0 Å². The van der Waals surface area contributed by atoms with Crippen molar-refractivity contribution >= 4 is 21.8 Å². The van der Waals surface area contributed by atoms with Crippen LogP contribution in [0.3, 0.4) is 0 Å². The maximum Gasteiger partial charge on any atom is 0.318 e. The molecular weight excluding hydrogens is 366 g/mol. The number of hydrogen-bond donors (Lipinski definition) is 1. The van der Waals surface area contributed by atoms with Crippen molar-refractivity contribution in [3.63, 3.8) is 0 Å². The summed E-state index contributed by atoms with van der Waals surface area (Å²) in [6.45, 7) is 4.82. The Balaban J connectivity index is 2.48. The summed E-state index contributed by atoms with van der Waals surface area (Å²) in [6, 6.07) is 13.8. The number of carbonyl (C=O) groups excluding carboxylic acids is 2. The third-order valence-corrected chi connectivity index (χ3v) is 5.54. The van der Waals surface area contributed by atoms with Crippen molar-refractivity contribution in [1.82, 2.24) is 4.72 Å². The number of Topliss-reactive ketones (excluding diaryl/α,β-unsaturated/α-hetero) is 1. The second-order valence-electron chi connectivity index (χ2n) is 6.16. The van der Waals surface area contributed by atoms with Gasteiger partial charge in [-0.15, -0.1) is 0 Å². The SMILES string of the molecule is CCOC(=O)C(C(C)=O)C(NS(=O)(=O)c1ccc(C)cc1)c1ccccc1. The lowest BCUT2D eigenvalue weighted by Gasteiger charge is -2.25. The standard InChI is InChI=1S/C20H23NO5S/c1-4-26-20(23)18(15(3)22)19(16-8-6-5-7-9-16)21-27(24,25)17-12-10-14(2)11-13-17/h5-13,18-19,21H,4H2,1-3H3. The number of carbonyl (C=O) groups is 2. The zero-order valence-corrected chi connectivity index (χ0v) is 16.3. The molecule has 0 radical (unpaired) electrons. The van der Waals surface area contributed by atoms with Crippen LogP contribution in [0.4, 0.5) is 0 Å². The van der Waals surface area contributed by atoms with E-state index in [1.807, 2.05) is 6.92 Å². The Kier molecular flexibility index (Phi) is 6.87. The number of benzene rings is 2. The van der Waals surface area contributed by atoms with Gasteiger partial charge in [-0.05, 0) is 38.5 Å². The average molecular weight is 389 g/mol. The fourth-order valence-electron chi connectivity index (χ4n) is 2.71. The van der Waals surface area contributed by atoms with Crippen molar-refractivity contribution in [3.8, 4) is 0 Å². The van der Waals surface area contributed by atoms with E-state index in [0.717, 1.165) is 5.56 Å². The van der Waals surface area contributed by atoms with E-state index in [0.29, 0.717) is 5.56 Å². The van der Waals surface area contributed by atoms with Gasteiger partial charge < -0.3 is 4.74 Å². The number of ketones is 1. The molecule has 2 rings (SSSR count). The van der Waals surface area contributed by atoms with Crippen LogP contribution in [0.25, 0.3) is 0 Å². The summed E-state index contributed by atoms with van der Waals surface area (Å²) < 4.78 is 33.2. The molecule has 0 aliphatic carbocycles. The Morgan fingerprint density at radius 2 is 1.63 bits per heavy atom. The second kappa shape index (κ2) is 8.92. The smallest absolute Gasteiger partial charge is 0.318 e. The predicted molar refractivity (Wildman–Crippen MR) is 101 cm³/mol. The van der Waals surface area contributed by atoms with Gasteiger partial charge in [0.25, 0.3) is 0 Å². The van der Waals surface area contributed by atoms with Crippen LogP contribution in [0.15, 0.2) is 59.5 Å². The molecule has 0 amide bonds. The van der Waals surface area contributed by atoms with Gasteiger partial charge in [0, 0.05) is 0 Å². The van der Waals surface area contributed by atoms with E-state index < -0.39 is 33.7 Å². The van der Waals surface area contributed by atoms with Crippen LogP contribution in [0.1, 0.15) is 31.0 Å². The van der Waals surface area contributed by atoms with E-state index in [4.69, 9.17) is 4.74 Å². The quantitative estimate of drug-likeness (QED) is 0.554. The van der Waals surface area contributed by atoms with E-state index in [2.05, 4.69) is 4.72 Å². The van der Waals surface area contributed by atoms with Crippen LogP contribution < -0.4 is 4.72 Å². The number of hydrogen-bond acceptors (Lipinski definition) is 5. The van der Waals surface area contributed by atoms with Crippen LogP contribution in [0, 0.1) is 12.8 Å². The molecule has 0 saturated heterocycles. The first-order valence-electron chi connectivity index (χ1n) is 8.57. The molecule has 0 aromatic heterocycles. The summed E-state index contributed by atoms with van der Waals surface area (Å²) in [5.41, 5.74) is 1.42. The minimum Gasteiger partial charge on any atom is -0.465 e. The summed E-state index contributed by atoms with van der Waals surface area (Å²) >= 11 is 0. The van der Waals surface area contributed by atoms with E-state index in [-0.39, 0.29) is 11.5 Å². The maximum absolute atomic E-state index is 12.9. The number of ether oxygens (including phenoxy) is 1. The first-order valence-corrected chi connectivity index (χ1v) is 10.1. The van der Waals surface area contributed by atoms with Crippen molar-refractivity contribution < 1.29 is 22.7 Å². The molecule has 1 N–H and O–H groups in total. The molecule has 27 heavy (non-hydrogen) atoms. The lowest BCUT2D eigenvalue weighted by Crippen LogP contribution is -2.40. The Labute approximate surface area is 159 Å². The predicted octanol–water partition coefficient (Wildman–Crippen LogP) is 2.78. The van der Waals surface area contributed by atoms with Crippen molar-refractivity contribution in [2.45, 2.75) is 31.7 Å². The Morgan fingerprint density at radius 3 is 2.15 bits per heavy atom. The molecule has 0 spiro atoms. The lowest BCUT2D eigenvalue weighted by atomic mass is 9.91. The minimum absolute atomic E-state index is 0.0557. The molecule has 0 saturated carbocycles. The molecule has 0 fully saturated rings. The van der Waals surface area contributed by atoms with Gasteiger partial charge in [0.2, 0.25) is 10.0 Å². The molecule has 0 bridgehead atoms. The monoisotopic (exact) mass is 389 g/mol. The van der Waals surface area contributed by atoms with Crippen molar-refractivity contribution in [2.75, 3.05) is 6.61 Å². The molecule has 6 nitrogen and oxygen atoms in total. The molecule has 144 valence electrons. The van der Waals surface area contributed by atoms with Crippen LogP contribution in [-0.2, 0) is 24.3 Å². The number of sulfonamides is 1. The van der Waals surface area contributed by atoms with Gasteiger partial charge in [0.05, 0.1) is 17.5 Å². The Hall–Kier alpha value is -2.51. The van der Waals surface area contributed by atoms with Crippen LogP contribution in [0.2, 0.25) is 0 Å². The second-order valence-corrected chi connectivity index (χ2v) is 7.88. The zero-order chi connectivity index (χ0) is 20.0. The minimum atomic E-state index is -3.96. The van der Waals surface area contributed by atoms with E-state index >= 15 is 0 Å². The Morgan fingerprint density at radius 1 is 1.04 bits per heavy atom. The molecule has 0 aliphatic rings. The highest BCUT2D eigenvalue weighted by atomic mass is 32.2. The first-order chi connectivity index (χ1) is 12.8. The van der Waals surface area contributed by atoms with Crippen molar-refractivity contribution in [1.29, 1.82) is 0 Å². The highest BCUT2D eigenvalue weighted by molar-refractivity contribution is 7.89. The number of esters is 1. The zero-order valence-electron chi connectivity index (χ0n) is 15.5. The molecule has 2 unspecified atom stereocenters. The third kappa shape index (κ3) is 5.24. The fourth-order valence-corrected chi connectivity index (χ4v) is 3.95. The number of aryl methyl sites for hydroxylation is 1. The highest BCUT2D eigenvalue weighted by Gasteiger charge is 2.37. The van der Waals surface area contributed by atoms with Crippen molar-refractivity contribution in [3.05, 3.63) is 65.7 Å². The molecule has 2 atom stereocenters. The number of nitrogens with one attached hydrogen (secondary N) is 1. The van der Waals surface area contributed by atoms with Crippen LogP contribution in [0.5, 0.6) is 0 Å². The van der Waals surface area contributed by atoms with Gasteiger partial charge in [-0.1, -0.05) is 48.0 Å². The van der Waals surface area contributed by atoms with Crippen LogP contribution in [-0.4, -0.2) is 26.8 Å². The number of rotatable bonds is 8. The Bertz CT molecular complexity index is 892. The maximum atomic E-state index is 12.9. The van der Waals surface area contributed by atoms with Gasteiger partial charge in [0.1, 0.15) is 11.7 Å². The highest BCUT2D eigenvalue weighted by Crippen LogP contribution is 2.27. The molecular formula is C20H23NO5S. The molecule has 0 heterocycles. The van der Waals surface area contributed by atoms with Crippen LogP contribution >= 0.6 is 0 Å². The van der Waals surface area contributed by atoms with Crippen molar-refractivity contribution in [2.24, 2.45) is 5.92 Å². The van der Waals surface area contributed by atoms with Gasteiger partial charge >= 0.3 is 5.97 Å². The van der Waals surface area contributed by atoms with E-state index in [9.17, 15) is 18.0 Å². The van der Waals surface area contributed by atoms with Gasteiger partial charge in [-0.2, -0.15) is 0 Å². The van der Waals surface area contributed by atoms with Gasteiger partial charge in [-0.3, -0.25) is 9.59 Å². The first kappa shape index (κ1) is 20.8. The summed E-state index contributed by atoms with van der Waals surface area (Å²) in [5.74, 6) is -2.52. The molecule has 0 aliphatic heterocycles. The third-order valence-electron chi connectivity index (χ3n) is 4.08. The topological polar surface area (TPSA) is 89.5 Å². The van der Waals surface area contributed by atoms with E-state index in [1.165, 1.54) is 19.1 Å². The normalized spacial score (nSPS) is 13.6. The molecule has 2 aromatic carbocycles. The largest absolute Gasteiger partial charge is 0.465 e. The summed E-state index contributed by atoms with van der Waals surface area (Å²) in [7, 11) is -3.96.